The molecular formula is C18H22ClNO4. The minimum atomic E-state index is -0.616. The molecule has 5 nitrogen and oxygen atoms in total. The number of aliphatic hydroxyl groups is 1. The fourth-order valence-corrected chi connectivity index (χ4v) is 2.65. The zero-order chi connectivity index (χ0) is 17.5. The van der Waals surface area contributed by atoms with Crippen LogP contribution in [0.25, 0.3) is 0 Å². The molecule has 0 aliphatic rings. The van der Waals surface area contributed by atoms with Gasteiger partial charge in [-0.2, -0.15) is 0 Å². The van der Waals surface area contributed by atoms with Gasteiger partial charge in [-0.25, -0.2) is 0 Å². The van der Waals surface area contributed by atoms with Crippen LogP contribution in [0, 0.1) is 0 Å². The Bertz CT molecular complexity index is 661. The van der Waals surface area contributed by atoms with Gasteiger partial charge in [-0.15, -0.1) is 0 Å². The second kappa shape index (κ2) is 8.78. The monoisotopic (exact) mass is 351 g/mol. The standard InChI is InChI=1S/C18H22ClNO4/c1-22-14-7-4-12(5-8-14)15(21)11-20-10-13-6-9-16(23-2)18(24-3)17(13)19/h4-9,15,20-21H,10-11H2,1-3H3. The van der Waals surface area contributed by atoms with Gasteiger partial charge in [0.05, 0.1) is 32.5 Å². The zero-order valence-electron chi connectivity index (χ0n) is 14.0. The quantitative estimate of drug-likeness (QED) is 0.765. The Labute approximate surface area is 147 Å². The molecule has 0 radical (unpaired) electrons. The van der Waals surface area contributed by atoms with E-state index in [9.17, 15) is 5.11 Å². The van der Waals surface area contributed by atoms with Crippen LogP contribution in [-0.4, -0.2) is 33.0 Å². The van der Waals surface area contributed by atoms with Crippen molar-refractivity contribution in [3.8, 4) is 17.2 Å². The summed E-state index contributed by atoms with van der Waals surface area (Å²) in [6, 6.07) is 11.0. The first-order valence-corrected chi connectivity index (χ1v) is 7.90. The molecule has 0 fully saturated rings. The van der Waals surface area contributed by atoms with E-state index in [0.29, 0.717) is 29.6 Å². The van der Waals surface area contributed by atoms with Crippen molar-refractivity contribution in [1.29, 1.82) is 0 Å². The zero-order valence-corrected chi connectivity index (χ0v) is 14.8. The first-order valence-electron chi connectivity index (χ1n) is 7.52. The predicted octanol–water partition coefficient (Wildman–Crippen LogP) is 3.19. The van der Waals surface area contributed by atoms with Crippen LogP contribution in [0.5, 0.6) is 17.2 Å². The van der Waals surface area contributed by atoms with Crippen molar-refractivity contribution in [3.05, 3.63) is 52.5 Å². The highest BCUT2D eigenvalue weighted by molar-refractivity contribution is 6.33. The summed E-state index contributed by atoms with van der Waals surface area (Å²) in [5.41, 5.74) is 1.69. The predicted molar refractivity (Wildman–Crippen MR) is 94.2 cm³/mol. The minimum absolute atomic E-state index is 0.400. The second-order valence-corrected chi connectivity index (χ2v) is 5.57. The highest BCUT2D eigenvalue weighted by Gasteiger charge is 2.13. The molecule has 0 aromatic heterocycles. The fourth-order valence-electron chi connectivity index (χ4n) is 2.35. The summed E-state index contributed by atoms with van der Waals surface area (Å²) < 4.78 is 15.6. The molecule has 0 aliphatic heterocycles. The average molecular weight is 352 g/mol. The maximum Gasteiger partial charge on any atom is 0.179 e. The Kier molecular flexibility index (Phi) is 6.73. The Morgan fingerprint density at radius 3 is 2.29 bits per heavy atom. The molecule has 0 spiro atoms. The molecule has 2 N–H and O–H groups in total. The van der Waals surface area contributed by atoms with Gasteiger partial charge in [0.2, 0.25) is 0 Å². The van der Waals surface area contributed by atoms with Crippen LogP contribution >= 0.6 is 11.6 Å². The van der Waals surface area contributed by atoms with Crippen LogP contribution in [-0.2, 0) is 6.54 Å². The number of hydrogen-bond acceptors (Lipinski definition) is 5. The number of rotatable bonds is 8. The van der Waals surface area contributed by atoms with Crippen LogP contribution in [0.15, 0.2) is 36.4 Å². The van der Waals surface area contributed by atoms with Crippen molar-refractivity contribution < 1.29 is 19.3 Å². The van der Waals surface area contributed by atoms with Crippen molar-refractivity contribution in [3.63, 3.8) is 0 Å². The molecule has 0 aliphatic carbocycles. The van der Waals surface area contributed by atoms with E-state index in [1.165, 1.54) is 0 Å². The van der Waals surface area contributed by atoms with Gasteiger partial charge < -0.3 is 24.6 Å². The molecule has 0 amide bonds. The maximum atomic E-state index is 10.2. The van der Waals surface area contributed by atoms with Crippen molar-refractivity contribution >= 4 is 11.6 Å². The summed E-state index contributed by atoms with van der Waals surface area (Å²) in [6.45, 7) is 0.906. The summed E-state index contributed by atoms with van der Waals surface area (Å²) in [4.78, 5) is 0. The van der Waals surface area contributed by atoms with Crippen LogP contribution < -0.4 is 19.5 Å². The van der Waals surface area contributed by atoms with E-state index in [1.807, 2.05) is 36.4 Å². The number of nitrogens with one attached hydrogen (secondary N) is 1. The molecule has 24 heavy (non-hydrogen) atoms. The van der Waals surface area contributed by atoms with Crippen LogP contribution in [0.1, 0.15) is 17.2 Å². The molecule has 0 saturated carbocycles. The number of aliphatic hydroxyl groups excluding tert-OH is 1. The molecule has 2 aromatic carbocycles. The highest BCUT2D eigenvalue weighted by Crippen LogP contribution is 2.37. The van der Waals surface area contributed by atoms with Gasteiger partial charge in [0.15, 0.2) is 11.5 Å². The van der Waals surface area contributed by atoms with Gasteiger partial charge in [0.1, 0.15) is 5.75 Å². The first-order chi connectivity index (χ1) is 11.6. The number of ether oxygens (including phenoxy) is 3. The average Bonchev–Trinajstić information content (AvgIpc) is 2.62. The molecular weight excluding hydrogens is 330 g/mol. The van der Waals surface area contributed by atoms with Crippen LogP contribution in [0.4, 0.5) is 0 Å². The summed E-state index contributed by atoms with van der Waals surface area (Å²) >= 11 is 6.34. The van der Waals surface area contributed by atoms with E-state index < -0.39 is 6.10 Å². The third-order valence-corrected chi connectivity index (χ3v) is 4.13. The van der Waals surface area contributed by atoms with Crippen molar-refractivity contribution in [2.24, 2.45) is 0 Å². The van der Waals surface area contributed by atoms with Gasteiger partial charge in [0, 0.05) is 13.1 Å². The molecule has 1 atom stereocenters. The van der Waals surface area contributed by atoms with E-state index in [4.69, 9.17) is 25.8 Å². The van der Waals surface area contributed by atoms with Crippen LogP contribution in [0.3, 0.4) is 0 Å². The topological polar surface area (TPSA) is 60.0 Å². The highest BCUT2D eigenvalue weighted by atomic mass is 35.5. The Morgan fingerprint density at radius 2 is 1.71 bits per heavy atom. The Morgan fingerprint density at radius 1 is 1.00 bits per heavy atom. The number of halogens is 1. The van der Waals surface area contributed by atoms with Crippen molar-refractivity contribution in [2.75, 3.05) is 27.9 Å². The first kappa shape index (κ1) is 18.4. The molecule has 1 unspecified atom stereocenters. The van der Waals surface area contributed by atoms with Crippen molar-refractivity contribution in [1.82, 2.24) is 5.32 Å². The fraction of sp³-hybridized carbons (Fsp3) is 0.333. The number of benzene rings is 2. The van der Waals surface area contributed by atoms with Gasteiger partial charge in [-0.1, -0.05) is 29.8 Å². The molecule has 130 valence electrons. The third kappa shape index (κ3) is 4.32. The van der Waals surface area contributed by atoms with E-state index >= 15 is 0 Å². The Hall–Kier alpha value is -1.95. The molecule has 0 bridgehead atoms. The second-order valence-electron chi connectivity index (χ2n) is 5.19. The maximum absolute atomic E-state index is 10.2. The lowest BCUT2D eigenvalue weighted by Crippen LogP contribution is -2.21. The Balaban J connectivity index is 1.96. The molecule has 2 aromatic rings. The molecule has 0 saturated heterocycles. The minimum Gasteiger partial charge on any atom is -0.497 e. The molecule has 0 heterocycles. The van der Waals surface area contributed by atoms with Gasteiger partial charge in [0.25, 0.3) is 0 Å². The van der Waals surface area contributed by atoms with Gasteiger partial charge >= 0.3 is 0 Å². The SMILES string of the molecule is COc1ccc(C(O)CNCc2ccc(OC)c(OC)c2Cl)cc1. The lowest BCUT2D eigenvalue weighted by Gasteiger charge is -2.15. The van der Waals surface area contributed by atoms with E-state index in [-0.39, 0.29) is 0 Å². The van der Waals surface area contributed by atoms with E-state index in [2.05, 4.69) is 5.32 Å². The molecule has 6 heteroatoms. The number of hydrogen-bond donors (Lipinski definition) is 2. The largest absolute Gasteiger partial charge is 0.497 e. The smallest absolute Gasteiger partial charge is 0.179 e. The van der Waals surface area contributed by atoms with Gasteiger partial charge in [-0.3, -0.25) is 0 Å². The normalized spacial score (nSPS) is 11.9. The van der Waals surface area contributed by atoms with E-state index in [1.54, 1.807) is 21.3 Å². The lowest BCUT2D eigenvalue weighted by molar-refractivity contribution is 0.174. The summed E-state index contributed by atoms with van der Waals surface area (Å²) in [7, 11) is 4.73. The number of methoxy groups -OCH3 is 3. The lowest BCUT2D eigenvalue weighted by atomic mass is 10.1. The third-order valence-electron chi connectivity index (χ3n) is 3.72. The van der Waals surface area contributed by atoms with Crippen LogP contribution in [0.2, 0.25) is 5.02 Å². The van der Waals surface area contributed by atoms with Gasteiger partial charge in [-0.05, 0) is 29.3 Å². The molecule has 2 rings (SSSR count). The summed E-state index contributed by atoms with van der Waals surface area (Å²) in [5, 5.41) is 13.9. The van der Waals surface area contributed by atoms with Crippen molar-refractivity contribution in [2.45, 2.75) is 12.6 Å². The summed E-state index contributed by atoms with van der Waals surface area (Å²) in [5.74, 6) is 1.86. The summed E-state index contributed by atoms with van der Waals surface area (Å²) in [6.07, 6.45) is -0.616. The van der Waals surface area contributed by atoms with E-state index in [0.717, 1.165) is 16.9 Å².